The molecular formula is C34H44N2O5. The topological polar surface area (TPSA) is 95.9 Å². The largest absolute Gasteiger partial charge is 0.463 e. The fourth-order valence-corrected chi connectivity index (χ4v) is 5.45. The lowest BCUT2D eigenvalue weighted by Crippen LogP contribution is -2.52. The molecule has 0 heterocycles. The lowest BCUT2D eigenvalue weighted by atomic mass is 9.93. The minimum absolute atomic E-state index is 0.000953. The predicted octanol–water partition coefficient (Wildman–Crippen LogP) is 5.00. The first-order valence-electron chi connectivity index (χ1n) is 14.6. The highest BCUT2D eigenvalue weighted by atomic mass is 16.5. The number of hydrogen-bond donors (Lipinski definition) is 2. The van der Waals surface area contributed by atoms with Gasteiger partial charge in [-0.05, 0) is 43.2 Å². The molecule has 7 heteroatoms. The molecule has 2 amide bonds. The Labute approximate surface area is 244 Å². The number of allylic oxidation sites excluding steroid dienone is 2. The van der Waals surface area contributed by atoms with E-state index in [9.17, 15) is 19.5 Å². The highest BCUT2D eigenvalue weighted by Crippen LogP contribution is 2.31. The molecule has 0 saturated heterocycles. The van der Waals surface area contributed by atoms with E-state index in [1.807, 2.05) is 60.7 Å². The van der Waals surface area contributed by atoms with Crippen molar-refractivity contribution in [1.29, 1.82) is 0 Å². The summed E-state index contributed by atoms with van der Waals surface area (Å²) in [5, 5.41) is 12.7. The number of nitrogens with zero attached hydrogens (tertiary/aromatic N) is 1. The molecule has 2 unspecified atom stereocenters. The Morgan fingerprint density at radius 1 is 0.927 bits per heavy atom. The van der Waals surface area contributed by atoms with Crippen LogP contribution in [0.5, 0.6) is 0 Å². The molecule has 1 aliphatic rings. The van der Waals surface area contributed by atoms with E-state index in [-0.39, 0.29) is 49.9 Å². The van der Waals surface area contributed by atoms with E-state index in [1.165, 1.54) is 0 Å². The van der Waals surface area contributed by atoms with Crippen LogP contribution >= 0.6 is 0 Å². The summed E-state index contributed by atoms with van der Waals surface area (Å²) in [7, 11) is 0. The van der Waals surface area contributed by atoms with Gasteiger partial charge in [0.05, 0.1) is 24.0 Å². The maximum absolute atomic E-state index is 13.6. The van der Waals surface area contributed by atoms with Crippen molar-refractivity contribution in [2.45, 2.75) is 63.5 Å². The number of amides is 2. The molecule has 0 radical (unpaired) electrons. The third-order valence-corrected chi connectivity index (χ3v) is 7.73. The van der Waals surface area contributed by atoms with Gasteiger partial charge in [-0.3, -0.25) is 14.4 Å². The second kappa shape index (κ2) is 16.5. The zero-order valence-corrected chi connectivity index (χ0v) is 24.0. The second-order valence-corrected chi connectivity index (χ2v) is 10.9. The minimum atomic E-state index is -0.657. The van der Waals surface area contributed by atoms with Crippen molar-refractivity contribution in [3.63, 3.8) is 0 Å². The molecule has 2 aromatic rings. The van der Waals surface area contributed by atoms with Gasteiger partial charge in [-0.1, -0.05) is 85.7 Å². The van der Waals surface area contributed by atoms with E-state index in [4.69, 9.17) is 4.74 Å². The Morgan fingerprint density at radius 2 is 1.51 bits per heavy atom. The molecule has 0 aromatic heterocycles. The van der Waals surface area contributed by atoms with Crippen molar-refractivity contribution >= 4 is 17.8 Å². The Balaban J connectivity index is 1.64. The maximum Gasteiger partial charge on any atom is 0.309 e. The lowest BCUT2D eigenvalue weighted by Gasteiger charge is -2.32. The van der Waals surface area contributed by atoms with Crippen LogP contribution in [0.25, 0.3) is 0 Å². The predicted molar refractivity (Wildman–Crippen MR) is 161 cm³/mol. The fraction of sp³-hybridized carbons (Fsp3) is 0.441. The third kappa shape index (κ3) is 10.0. The number of esters is 1. The van der Waals surface area contributed by atoms with Gasteiger partial charge in [0.1, 0.15) is 6.61 Å². The standard InChI is InChI=1S/C34H44N2O5/c1-3-13-29(24-31(38)36(21-22-37)25-28-17-9-6-10-18-28)32(39)35-34(19-11-12-20-34)26-41-33(40)30(14-4-2)23-27-15-7-5-8-16-27/h3-10,15-18,29-30,37H,1-2,11-14,19-26H2,(H,35,39). The summed E-state index contributed by atoms with van der Waals surface area (Å²) in [6.45, 7) is 8.08. The van der Waals surface area contributed by atoms with Gasteiger partial charge in [-0.15, -0.1) is 13.2 Å². The van der Waals surface area contributed by atoms with Gasteiger partial charge in [0.2, 0.25) is 11.8 Å². The fourth-order valence-electron chi connectivity index (χ4n) is 5.45. The highest BCUT2D eigenvalue weighted by molar-refractivity contribution is 5.86. The number of nitrogens with one attached hydrogen (secondary N) is 1. The normalized spacial score (nSPS) is 15.3. The SMILES string of the molecule is C=CCC(CC(=O)N(CCO)Cc1ccccc1)C(=O)NC1(COC(=O)C(CC=C)Cc2ccccc2)CCCC1. The van der Waals surface area contributed by atoms with Crippen molar-refractivity contribution < 1.29 is 24.2 Å². The molecule has 41 heavy (non-hydrogen) atoms. The molecular weight excluding hydrogens is 516 g/mol. The molecule has 1 saturated carbocycles. The lowest BCUT2D eigenvalue weighted by molar-refractivity contribution is -0.152. The van der Waals surface area contributed by atoms with E-state index in [1.54, 1.807) is 17.1 Å². The van der Waals surface area contributed by atoms with Gasteiger partial charge >= 0.3 is 5.97 Å². The Hall–Kier alpha value is -3.71. The second-order valence-electron chi connectivity index (χ2n) is 10.9. The first kappa shape index (κ1) is 31.8. The number of ether oxygens (including phenoxy) is 1. The molecule has 1 fully saturated rings. The molecule has 2 atom stereocenters. The summed E-state index contributed by atoms with van der Waals surface area (Å²) in [6.07, 6.45) is 8.03. The quantitative estimate of drug-likeness (QED) is 0.210. The van der Waals surface area contributed by atoms with E-state index in [2.05, 4.69) is 18.5 Å². The van der Waals surface area contributed by atoms with Crippen LogP contribution in [0.2, 0.25) is 0 Å². The molecule has 1 aliphatic carbocycles. The molecule has 0 aliphatic heterocycles. The van der Waals surface area contributed by atoms with E-state index in [0.717, 1.165) is 24.0 Å². The van der Waals surface area contributed by atoms with Gasteiger partial charge in [0.15, 0.2) is 0 Å². The molecule has 3 rings (SSSR count). The van der Waals surface area contributed by atoms with Gasteiger partial charge < -0.3 is 20.1 Å². The van der Waals surface area contributed by atoms with Crippen LogP contribution in [0.3, 0.4) is 0 Å². The van der Waals surface area contributed by atoms with Crippen LogP contribution in [0.15, 0.2) is 86.0 Å². The first-order valence-corrected chi connectivity index (χ1v) is 14.6. The van der Waals surface area contributed by atoms with Crippen molar-refractivity contribution in [3.05, 3.63) is 97.1 Å². The van der Waals surface area contributed by atoms with Crippen molar-refractivity contribution in [2.75, 3.05) is 19.8 Å². The van der Waals surface area contributed by atoms with Gasteiger partial charge in [-0.25, -0.2) is 0 Å². The van der Waals surface area contributed by atoms with Crippen molar-refractivity contribution in [2.24, 2.45) is 11.8 Å². The molecule has 2 aromatic carbocycles. The number of benzene rings is 2. The van der Waals surface area contributed by atoms with Gasteiger partial charge in [-0.2, -0.15) is 0 Å². The Bertz CT molecular complexity index is 1130. The monoisotopic (exact) mass is 560 g/mol. The third-order valence-electron chi connectivity index (χ3n) is 7.73. The van der Waals surface area contributed by atoms with Crippen LogP contribution in [-0.4, -0.2) is 53.1 Å². The number of aliphatic hydroxyl groups is 1. The van der Waals surface area contributed by atoms with E-state index >= 15 is 0 Å². The molecule has 7 nitrogen and oxygen atoms in total. The molecule has 0 bridgehead atoms. The van der Waals surface area contributed by atoms with Crippen molar-refractivity contribution in [1.82, 2.24) is 10.2 Å². The average Bonchev–Trinajstić information content (AvgIpc) is 3.44. The molecule has 220 valence electrons. The summed E-state index contributed by atoms with van der Waals surface area (Å²) in [5.74, 6) is -1.71. The van der Waals surface area contributed by atoms with E-state index in [0.29, 0.717) is 38.6 Å². The minimum Gasteiger partial charge on any atom is -0.463 e. The van der Waals surface area contributed by atoms with Gasteiger partial charge in [0.25, 0.3) is 0 Å². The highest BCUT2D eigenvalue weighted by Gasteiger charge is 2.39. The Kier molecular flexibility index (Phi) is 12.8. The molecule has 2 N–H and O–H groups in total. The van der Waals surface area contributed by atoms with Gasteiger partial charge in [0, 0.05) is 19.5 Å². The first-order chi connectivity index (χ1) is 19.9. The van der Waals surface area contributed by atoms with E-state index < -0.39 is 11.5 Å². The summed E-state index contributed by atoms with van der Waals surface area (Å²) in [5.41, 5.74) is 1.35. The maximum atomic E-state index is 13.6. The molecule has 0 spiro atoms. The summed E-state index contributed by atoms with van der Waals surface area (Å²) < 4.78 is 5.85. The number of aliphatic hydroxyl groups excluding tert-OH is 1. The zero-order valence-electron chi connectivity index (χ0n) is 24.0. The van der Waals surface area contributed by atoms with Crippen LogP contribution in [-0.2, 0) is 32.1 Å². The summed E-state index contributed by atoms with van der Waals surface area (Å²) >= 11 is 0. The van der Waals surface area contributed by atoms with Crippen LogP contribution in [0.4, 0.5) is 0 Å². The number of carbonyl (C=O) groups excluding carboxylic acids is 3. The zero-order chi connectivity index (χ0) is 29.5. The van der Waals surface area contributed by atoms with Crippen molar-refractivity contribution in [3.8, 4) is 0 Å². The van der Waals surface area contributed by atoms with Crippen LogP contribution < -0.4 is 5.32 Å². The number of carbonyl (C=O) groups is 3. The smallest absolute Gasteiger partial charge is 0.309 e. The Morgan fingerprint density at radius 3 is 2.10 bits per heavy atom. The summed E-state index contributed by atoms with van der Waals surface area (Å²) in [4.78, 5) is 41.5. The number of hydrogen-bond acceptors (Lipinski definition) is 5. The average molecular weight is 561 g/mol. The summed E-state index contributed by atoms with van der Waals surface area (Å²) in [6, 6.07) is 19.4. The van der Waals surface area contributed by atoms with Crippen LogP contribution in [0.1, 0.15) is 56.1 Å². The van der Waals surface area contributed by atoms with Crippen LogP contribution in [0, 0.1) is 11.8 Å². The number of rotatable bonds is 17.